The van der Waals surface area contributed by atoms with Crippen LogP contribution in [0.3, 0.4) is 0 Å². The molecule has 0 saturated carbocycles. The standard InChI is InChI=1S/C17H16N2O/c1-11-5-4-8-19-16(11)18-15-10-13-7-3-2-6-12(13)9-14(15)17(19)20/h2-3,6-7,9-11H,4-5,8H2,1H3. The summed E-state index contributed by atoms with van der Waals surface area (Å²) in [5, 5.41) is 2.98. The van der Waals surface area contributed by atoms with Crippen molar-refractivity contribution in [3.8, 4) is 0 Å². The van der Waals surface area contributed by atoms with Gasteiger partial charge in [-0.2, -0.15) is 0 Å². The van der Waals surface area contributed by atoms with E-state index in [1.165, 1.54) is 0 Å². The second-order valence-electron chi connectivity index (χ2n) is 5.69. The number of aromatic nitrogens is 2. The van der Waals surface area contributed by atoms with Gasteiger partial charge in [0.25, 0.3) is 5.56 Å². The van der Waals surface area contributed by atoms with E-state index in [0.29, 0.717) is 5.92 Å². The van der Waals surface area contributed by atoms with Crippen LogP contribution in [0.15, 0.2) is 41.2 Å². The molecule has 0 aliphatic carbocycles. The van der Waals surface area contributed by atoms with Crippen LogP contribution in [0.2, 0.25) is 0 Å². The minimum Gasteiger partial charge on any atom is -0.296 e. The van der Waals surface area contributed by atoms with E-state index in [0.717, 1.165) is 46.9 Å². The molecule has 0 amide bonds. The molecule has 4 rings (SSSR count). The highest BCUT2D eigenvalue weighted by molar-refractivity contribution is 5.96. The van der Waals surface area contributed by atoms with E-state index in [4.69, 9.17) is 4.98 Å². The van der Waals surface area contributed by atoms with Gasteiger partial charge in [0.1, 0.15) is 5.82 Å². The summed E-state index contributed by atoms with van der Waals surface area (Å²) in [4.78, 5) is 17.5. The first-order valence-corrected chi connectivity index (χ1v) is 7.17. The Morgan fingerprint density at radius 2 is 1.95 bits per heavy atom. The van der Waals surface area contributed by atoms with Gasteiger partial charge in [-0.1, -0.05) is 31.2 Å². The van der Waals surface area contributed by atoms with Gasteiger partial charge in [0.2, 0.25) is 0 Å². The van der Waals surface area contributed by atoms with Gasteiger partial charge in [-0.15, -0.1) is 0 Å². The Hall–Kier alpha value is -2.16. The maximum absolute atomic E-state index is 12.7. The second-order valence-corrected chi connectivity index (χ2v) is 5.69. The zero-order valence-electron chi connectivity index (χ0n) is 11.5. The Balaban J connectivity index is 2.14. The molecule has 0 spiro atoms. The second kappa shape index (κ2) is 4.17. The summed E-state index contributed by atoms with van der Waals surface area (Å²) in [6.45, 7) is 2.96. The van der Waals surface area contributed by atoms with Gasteiger partial charge in [0.05, 0.1) is 10.9 Å². The fourth-order valence-electron chi connectivity index (χ4n) is 3.20. The first-order chi connectivity index (χ1) is 9.74. The molecule has 2 heterocycles. The Morgan fingerprint density at radius 3 is 2.75 bits per heavy atom. The van der Waals surface area contributed by atoms with Crippen LogP contribution in [0.4, 0.5) is 0 Å². The molecule has 3 aromatic rings. The predicted octanol–water partition coefficient (Wildman–Crippen LogP) is 3.45. The third kappa shape index (κ3) is 1.59. The average Bonchev–Trinajstić information content (AvgIpc) is 2.47. The number of fused-ring (bicyclic) bond motifs is 3. The number of hydrogen-bond acceptors (Lipinski definition) is 2. The largest absolute Gasteiger partial charge is 0.296 e. The topological polar surface area (TPSA) is 34.9 Å². The zero-order chi connectivity index (χ0) is 13.7. The summed E-state index contributed by atoms with van der Waals surface area (Å²) in [7, 11) is 0. The van der Waals surface area contributed by atoms with Gasteiger partial charge in [-0.25, -0.2) is 4.98 Å². The van der Waals surface area contributed by atoms with Crippen LogP contribution in [0.5, 0.6) is 0 Å². The van der Waals surface area contributed by atoms with Crippen LogP contribution in [0.25, 0.3) is 21.7 Å². The third-order valence-corrected chi connectivity index (χ3v) is 4.31. The summed E-state index contributed by atoms with van der Waals surface area (Å²) in [6.07, 6.45) is 2.18. The van der Waals surface area contributed by atoms with Gasteiger partial charge in [0, 0.05) is 12.5 Å². The van der Waals surface area contributed by atoms with E-state index in [1.807, 2.05) is 34.9 Å². The van der Waals surface area contributed by atoms with Crippen molar-refractivity contribution in [3.63, 3.8) is 0 Å². The molecule has 3 nitrogen and oxygen atoms in total. The molecule has 0 bridgehead atoms. The van der Waals surface area contributed by atoms with Crippen molar-refractivity contribution < 1.29 is 0 Å². The molecule has 20 heavy (non-hydrogen) atoms. The van der Waals surface area contributed by atoms with Gasteiger partial charge >= 0.3 is 0 Å². The molecule has 1 aliphatic rings. The van der Waals surface area contributed by atoms with Crippen LogP contribution in [-0.2, 0) is 6.54 Å². The third-order valence-electron chi connectivity index (χ3n) is 4.31. The summed E-state index contributed by atoms with van der Waals surface area (Å²) >= 11 is 0. The summed E-state index contributed by atoms with van der Waals surface area (Å²) in [5.41, 5.74) is 0.941. The monoisotopic (exact) mass is 264 g/mol. The molecule has 0 N–H and O–H groups in total. The number of hydrogen-bond donors (Lipinski definition) is 0. The van der Waals surface area contributed by atoms with Gasteiger partial charge in [-0.05, 0) is 35.7 Å². The highest BCUT2D eigenvalue weighted by Crippen LogP contribution is 2.26. The predicted molar refractivity (Wildman–Crippen MR) is 81.2 cm³/mol. The lowest BCUT2D eigenvalue weighted by molar-refractivity contribution is 0.446. The summed E-state index contributed by atoms with van der Waals surface area (Å²) in [5.74, 6) is 1.32. The van der Waals surface area contributed by atoms with Crippen molar-refractivity contribution in [2.24, 2.45) is 0 Å². The summed E-state index contributed by atoms with van der Waals surface area (Å²) < 4.78 is 1.87. The normalized spacial score (nSPS) is 18.4. The smallest absolute Gasteiger partial charge is 0.261 e. The van der Waals surface area contributed by atoms with E-state index in [9.17, 15) is 4.79 Å². The molecule has 1 aromatic heterocycles. The number of nitrogens with zero attached hydrogens (tertiary/aromatic N) is 2. The molecular formula is C17H16N2O. The maximum Gasteiger partial charge on any atom is 0.261 e. The molecule has 0 fully saturated rings. The molecule has 1 atom stereocenters. The number of benzene rings is 2. The Labute approximate surface area is 116 Å². The molecular weight excluding hydrogens is 248 g/mol. The minimum absolute atomic E-state index is 0.113. The average molecular weight is 264 g/mol. The molecule has 1 unspecified atom stereocenters. The van der Waals surface area contributed by atoms with Crippen LogP contribution in [-0.4, -0.2) is 9.55 Å². The molecule has 0 saturated heterocycles. The van der Waals surface area contributed by atoms with Gasteiger partial charge in [0.15, 0.2) is 0 Å². The minimum atomic E-state index is 0.113. The first kappa shape index (κ1) is 11.6. The Kier molecular flexibility index (Phi) is 2.43. The van der Waals surface area contributed by atoms with Crippen LogP contribution < -0.4 is 5.56 Å². The van der Waals surface area contributed by atoms with E-state index in [2.05, 4.69) is 13.0 Å². The zero-order valence-corrected chi connectivity index (χ0v) is 11.5. The molecule has 3 heteroatoms. The molecule has 2 aromatic carbocycles. The molecule has 0 radical (unpaired) electrons. The van der Waals surface area contributed by atoms with Crippen LogP contribution >= 0.6 is 0 Å². The Morgan fingerprint density at radius 1 is 1.20 bits per heavy atom. The van der Waals surface area contributed by atoms with E-state index in [1.54, 1.807) is 0 Å². The lowest BCUT2D eigenvalue weighted by Crippen LogP contribution is -2.29. The van der Waals surface area contributed by atoms with Gasteiger partial charge in [-0.3, -0.25) is 9.36 Å². The fraction of sp³-hybridized carbons (Fsp3) is 0.294. The Bertz CT molecular complexity index is 879. The lowest BCUT2D eigenvalue weighted by atomic mass is 10.00. The van der Waals surface area contributed by atoms with Crippen molar-refractivity contribution in [2.75, 3.05) is 0 Å². The van der Waals surface area contributed by atoms with Crippen molar-refractivity contribution in [1.29, 1.82) is 0 Å². The van der Waals surface area contributed by atoms with E-state index >= 15 is 0 Å². The van der Waals surface area contributed by atoms with Crippen LogP contribution in [0.1, 0.15) is 31.5 Å². The SMILES string of the molecule is CC1CCCn2c1nc1cc3ccccc3cc1c2=O. The van der Waals surface area contributed by atoms with Crippen molar-refractivity contribution in [1.82, 2.24) is 9.55 Å². The van der Waals surface area contributed by atoms with E-state index < -0.39 is 0 Å². The van der Waals surface area contributed by atoms with Crippen molar-refractivity contribution >= 4 is 21.7 Å². The van der Waals surface area contributed by atoms with Crippen molar-refractivity contribution in [3.05, 3.63) is 52.6 Å². The van der Waals surface area contributed by atoms with Gasteiger partial charge < -0.3 is 0 Å². The number of rotatable bonds is 0. The molecule has 1 aliphatic heterocycles. The highest BCUT2D eigenvalue weighted by Gasteiger charge is 2.20. The highest BCUT2D eigenvalue weighted by atomic mass is 16.1. The quantitative estimate of drug-likeness (QED) is 0.583. The fourth-order valence-corrected chi connectivity index (χ4v) is 3.20. The molecule has 100 valence electrons. The first-order valence-electron chi connectivity index (χ1n) is 7.17. The van der Waals surface area contributed by atoms with Crippen molar-refractivity contribution in [2.45, 2.75) is 32.2 Å². The van der Waals surface area contributed by atoms with Crippen LogP contribution in [0, 0.1) is 0 Å². The van der Waals surface area contributed by atoms with E-state index in [-0.39, 0.29) is 5.56 Å². The maximum atomic E-state index is 12.7. The summed E-state index contributed by atoms with van der Waals surface area (Å²) in [6, 6.07) is 12.1. The lowest BCUT2D eigenvalue weighted by Gasteiger charge is -2.23.